The van der Waals surface area contributed by atoms with Crippen molar-refractivity contribution < 1.29 is 4.52 Å². The van der Waals surface area contributed by atoms with Crippen LogP contribution in [0.3, 0.4) is 0 Å². The Hall–Kier alpha value is -1.87. The van der Waals surface area contributed by atoms with Crippen molar-refractivity contribution in [2.45, 2.75) is 25.8 Å². The first-order valence-corrected chi connectivity index (χ1v) is 9.46. The van der Waals surface area contributed by atoms with Crippen LogP contribution in [0.4, 0.5) is 0 Å². The number of aliphatic imine (C=N–C) groups is 1. The molecule has 5 nitrogen and oxygen atoms in total. The van der Waals surface area contributed by atoms with Gasteiger partial charge in [0.15, 0.2) is 11.7 Å². The van der Waals surface area contributed by atoms with Crippen molar-refractivity contribution in [3.63, 3.8) is 0 Å². The fraction of sp³-hybridized carbons (Fsp3) is 0.300. The Morgan fingerprint density at radius 2 is 1.93 bits per heavy atom. The molecule has 0 aliphatic heterocycles. The molecule has 0 saturated heterocycles. The average molecular weight is 496 g/mol. The van der Waals surface area contributed by atoms with Crippen molar-refractivity contribution in [3.05, 3.63) is 64.5 Å². The van der Waals surface area contributed by atoms with Gasteiger partial charge in [-0.3, -0.25) is 4.99 Å². The van der Waals surface area contributed by atoms with Crippen molar-refractivity contribution >= 4 is 41.3 Å². The summed E-state index contributed by atoms with van der Waals surface area (Å²) >= 11 is 1.78. The second kappa shape index (κ2) is 9.89. The van der Waals surface area contributed by atoms with Crippen molar-refractivity contribution in [1.29, 1.82) is 0 Å². The van der Waals surface area contributed by atoms with E-state index < -0.39 is 0 Å². The van der Waals surface area contributed by atoms with Gasteiger partial charge in [0.05, 0.1) is 6.54 Å². The smallest absolute Gasteiger partial charge is 0.191 e. The normalized spacial score (nSPS) is 11.7. The zero-order chi connectivity index (χ0) is 18.4. The van der Waals surface area contributed by atoms with E-state index in [-0.39, 0.29) is 29.4 Å². The maximum atomic E-state index is 5.43. The number of thiophene rings is 1. The summed E-state index contributed by atoms with van der Waals surface area (Å²) < 4.78 is 5.43. The Morgan fingerprint density at radius 1 is 1.15 bits per heavy atom. The molecule has 0 fully saturated rings. The molecule has 2 aromatic heterocycles. The highest BCUT2D eigenvalue weighted by Crippen LogP contribution is 2.26. The lowest BCUT2D eigenvalue weighted by atomic mass is 9.91. The largest absolute Gasteiger partial charge is 0.356 e. The van der Waals surface area contributed by atoms with E-state index in [0.717, 1.165) is 29.5 Å². The highest BCUT2D eigenvalue weighted by Gasteiger charge is 2.22. The van der Waals surface area contributed by atoms with E-state index in [1.54, 1.807) is 18.4 Å². The number of benzene rings is 1. The quantitative estimate of drug-likeness (QED) is 0.296. The number of aromatic nitrogens is 1. The van der Waals surface area contributed by atoms with Gasteiger partial charge in [-0.25, -0.2) is 0 Å². The SMILES string of the molecule is CN=C(NCc1cc(-c2ccccc2)on1)NCC(C)(C)c1cccs1.I. The molecule has 0 aliphatic rings. The van der Waals surface area contributed by atoms with E-state index in [1.165, 1.54) is 4.88 Å². The van der Waals surface area contributed by atoms with Crippen LogP contribution in [0.5, 0.6) is 0 Å². The average Bonchev–Trinajstić information content (AvgIpc) is 3.35. The zero-order valence-electron chi connectivity index (χ0n) is 15.7. The van der Waals surface area contributed by atoms with Crippen LogP contribution in [0.2, 0.25) is 0 Å². The number of hydrogen-bond donors (Lipinski definition) is 2. The van der Waals surface area contributed by atoms with Crippen LogP contribution in [0, 0.1) is 0 Å². The highest BCUT2D eigenvalue weighted by atomic mass is 127. The van der Waals surface area contributed by atoms with Gasteiger partial charge in [-0.1, -0.05) is 55.4 Å². The molecule has 3 aromatic rings. The maximum absolute atomic E-state index is 5.43. The lowest BCUT2D eigenvalue weighted by molar-refractivity contribution is 0.422. The van der Waals surface area contributed by atoms with E-state index in [0.29, 0.717) is 6.54 Å². The van der Waals surface area contributed by atoms with Crippen LogP contribution in [0.25, 0.3) is 11.3 Å². The van der Waals surface area contributed by atoms with Crippen LogP contribution in [0.1, 0.15) is 24.4 Å². The molecule has 2 N–H and O–H groups in total. The minimum absolute atomic E-state index is 0. The van der Waals surface area contributed by atoms with E-state index in [4.69, 9.17) is 4.52 Å². The zero-order valence-corrected chi connectivity index (χ0v) is 18.9. The van der Waals surface area contributed by atoms with E-state index in [2.05, 4.69) is 52.1 Å². The van der Waals surface area contributed by atoms with Gasteiger partial charge in [0.1, 0.15) is 5.69 Å². The first-order valence-electron chi connectivity index (χ1n) is 8.58. The van der Waals surface area contributed by atoms with Gasteiger partial charge in [-0.2, -0.15) is 0 Å². The third-order valence-corrected chi connectivity index (χ3v) is 5.40. The third kappa shape index (κ3) is 5.80. The lowest BCUT2D eigenvalue weighted by Gasteiger charge is -2.24. The van der Waals surface area contributed by atoms with Crippen molar-refractivity contribution in [1.82, 2.24) is 15.8 Å². The van der Waals surface area contributed by atoms with Gasteiger partial charge < -0.3 is 15.2 Å². The molecule has 7 heteroatoms. The Balaban J connectivity index is 0.00000261. The Labute approximate surface area is 181 Å². The summed E-state index contributed by atoms with van der Waals surface area (Å²) in [6.45, 7) is 5.79. The second-order valence-electron chi connectivity index (χ2n) is 6.69. The predicted octanol–water partition coefficient (Wildman–Crippen LogP) is 4.66. The van der Waals surface area contributed by atoms with Crippen molar-refractivity contribution in [2.24, 2.45) is 4.99 Å². The summed E-state index contributed by atoms with van der Waals surface area (Å²) in [6.07, 6.45) is 0. The molecule has 3 rings (SSSR count). The number of rotatable bonds is 6. The highest BCUT2D eigenvalue weighted by molar-refractivity contribution is 14.0. The number of hydrogen-bond acceptors (Lipinski definition) is 4. The van der Waals surface area contributed by atoms with Crippen LogP contribution in [0.15, 0.2) is 63.4 Å². The third-order valence-electron chi connectivity index (χ3n) is 4.16. The van der Waals surface area contributed by atoms with E-state index in [1.807, 2.05) is 36.4 Å². The minimum atomic E-state index is 0. The summed E-state index contributed by atoms with van der Waals surface area (Å²) in [5.74, 6) is 1.52. The molecule has 0 aliphatic carbocycles. The molecule has 2 heterocycles. The number of guanidine groups is 1. The molecule has 144 valence electrons. The number of nitrogens with zero attached hydrogens (tertiary/aromatic N) is 2. The first-order chi connectivity index (χ1) is 12.6. The summed E-state index contributed by atoms with van der Waals surface area (Å²) in [5, 5.41) is 12.9. The monoisotopic (exact) mass is 496 g/mol. The first kappa shape index (κ1) is 21.4. The Kier molecular flexibility index (Phi) is 7.85. The number of halogens is 1. The fourth-order valence-corrected chi connectivity index (χ4v) is 3.44. The lowest BCUT2D eigenvalue weighted by Crippen LogP contribution is -2.43. The summed E-state index contributed by atoms with van der Waals surface area (Å²) in [6, 6.07) is 16.2. The van der Waals surface area contributed by atoms with Crippen LogP contribution in [-0.4, -0.2) is 24.7 Å². The topological polar surface area (TPSA) is 62.5 Å². The van der Waals surface area contributed by atoms with Crippen LogP contribution >= 0.6 is 35.3 Å². The van der Waals surface area contributed by atoms with Crippen molar-refractivity contribution in [2.75, 3.05) is 13.6 Å². The summed E-state index contributed by atoms with van der Waals surface area (Å²) in [7, 11) is 1.77. The molecule has 0 saturated carbocycles. The predicted molar refractivity (Wildman–Crippen MR) is 123 cm³/mol. The van der Waals surface area contributed by atoms with Gasteiger partial charge in [0.2, 0.25) is 0 Å². The molecule has 1 aromatic carbocycles. The van der Waals surface area contributed by atoms with Gasteiger partial charge in [-0.05, 0) is 11.4 Å². The van der Waals surface area contributed by atoms with Gasteiger partial charge >= 0.3 is 0 Å². The summed E-state index contributed by atoms with van der Waals surface area (Å²) in [5.41, 5.74) is 1.90. The van der Waals surface area contributed by atoms with Gasteiger partial charge in [-0.15, -0.1) is 35.3 Å². The van der Waals surface area contributed by atoms with Crippen LogP contribution < -0.4 is 10.6 Å². The van der Waals surface area contributed by atoms with Crippen molar-refractivity contribution in [3.8, 4) is 11.3 Å². The molecule has 0 atom stereocenters. The molecule has 0 spiro atoms. The molecule has 0 radical (unpaired) electrons. The van der Waals surface area contributed by atoms with Gasteiger partial charge in [0.25, 0.3) is 0 Å². The van der Waals surface area contributed by atoms with E-state index >= 15 is 0 Å². The molecule has 27 heavy (non-hydrogen) atoms. The fourth-order valence-electron chi connectivity index (χ4n) is 2.58. The maximum Gasteiger partial charge on any atom is 0.191 e. The van der Waals surface area contributed by atoms with Gasteiger partial charge in [0, 0.05) is 35.5 Å². The molecular weight excluding hydrogens is 471 g/mol. The Morgan fingerprint density at radius 3 is 2.59 bits per heavy atom. The molecule has 0 amide bonds. The summed E-state index contributed by atoms with van der Waals surface area (Å²) in [4.78, 5) is 5.64. The number of nitrogens with one attached hydrogen (secondary N) is 2. The Bertz CT molecular complexity index is 844. The van der Waals surface area contributed by atoms with E-state index in [9.17, 15) is 0 Å². The molecule has 0 unspecified atom stereocenters. The standard InChI is InChI=1S/C20H24N4OS.HI/c1-20(2,18-10-7-11-26-18)14-23-19(21-3)22-13-16-12-17(25-24-16)15-8-5-4-6-9-15;/h4-12H,13-14H2,1-3H3,(H2,21,22,23);1H. The second-order valence-corrected chi connectivity index (χ2v) is 7.64. The van der Waals surface area contributed by atoms with Crippen LogP contribution in [-0.2, 0) is 12.0 Å². The minimum Gasteiger partial charge on any atom is -0.356 e. The molecule has 0 bridgehead atoms. The molecular formula is C20H25IN4OS.